The van der Waals surface area contributed by atoms with Crippen LogP contribution in [0.5, 0.6) is 17.2 Å². The van der Waals surface area contributed by atoms with Gasteiger partial charge in [-0.1, -0.05) is 30.0 Å². The molecule has 0 bridgehead atoms. The second-order valence-electron chi connectivity index (χ2n) is 5.21. The zero-order valence-electron chi connectivity index (χ0n) is 14.0. The number of hydrogen-bond acceptors (Lipinski definition) is 7. The van der Waals surface area contributed by atoms with E-state index in [2.05, 4.69) is 4.98 Å². The summed E-state index contributed by atoms with van der Waals surface area (Å²) in [5, 5.41) is 10.2. The quantitative estimate of drug-likeness (QED) is 0.602. The van der Waals surface area contributed by atoms with Gasteiger partial charge in [-0.25, -0.2) is 4.98 Å². The summed E-state index contributed by atoms with van der Waals surface area (Å²) in [6.07, 6.45) is -0.633. The van der Waals surface area contributed by atoms with Gasteiger partial charge < -0.3 is 19.3 Å². The minimum atomic E-state index is -0.633. The van der Waals surface area contributed by atoms with Gasteiger partial charge in [-0.15, -0.1) is 11.3 Å². The third-order valence-corrected chi connectivity index (χ3v) is 5.80. The van der Waals surface area contributed by atoms with Crippen molar-refractivity contribution < 1.29 is 19.3 Å². The molecule has 132 valence electrons. The maximum atomic E-state index is 10.2. The van der Waals surface area contributed by atoms with Gasteiger partial charge in [-0.2, -0.15) is 0 Å². The Kier molecular flexibility index (Phi) is 6.01. The predicted octanol–water partition coefficient (Wildman–Crippen LogP) is 3.85. The van der Waals surface area contributed by atoms with E-state index in [9.17, 15) is 5.11 Å². The topological polar surface area (TPSA) is 60.8 Å². The van der Waals surface area contributed by atoms with Gasteiger partial charge in [0.15, 0.2) is 15.8 Å². The Morgan fingerprint density at radius 1 is 1.08 bits per heavy atom. The van der Waals surface area contributed by atoms with Crippen LogP contribution in [0.1, 0.15) is 0 Å². The van der Waals surface area contributed by atoms with E-state index in [0.717, 1.165) is 14.6 Å². The van der Waals surface area contributed by atoms with E-state index in [-0.39, 0.29) is 6.61 Å². The number of hydrogen-bond donors (Lipinski definition) is 1. The number of thiazole rings is 1. The third-order valence-electron chi connectivity index (χ3n) is 3.48. The summed E-state index contributed by atoms with van der Waals surface area (Å²) in [4.78, 5) is 4.55. The number of benzene rings is 2. The zero-order chi connectivity index (χ0) is 17.6. The molecule has 0 aliphatic carbocycles. The number of para-hydroxylation sites is 2. The monoisotopic (exact) mass is 377 g/mol. The van der Waals surface area contributed by atoms with Crippen LogP contribution in [-0.4, -0.2) is 42.8 Å². The van der Waals surface area contributed by atoms with Crippen molar-refractivity contribution in [2.24, 2.45) is 0 Å². The number of aliphatic hydroxyl groups excluding tert-OH is 1. The van der Waals surface area contributed by atoms with E-state index in [1.165, 1.54) is 11.8 Å². The Hall–Kier alpha value is -1.96. The summed E-state index contributed by atoms with van der Waals surface area (Å²) in [5.41, 5.74) is 0.986. The van der Waals surface area contributed by atoms with Crippen LogP contribution < -0.4 is 14.2 Å². The number of fused-ring (bicyclic) bond motifs is 1. The van der Waals surface area contributed by atoms with Crippen molar-refractivity contribution >= 4 is 33.3 Å². The van der Waals surface area contributed by atoms with E-state index in [4.69, 9.17) is 14.2 Å². The summed E-state index contributed by atoms with van der Waals surface area (Å²) >= 11 is 3.15. The Labute approximate surface area is 154 Å². The molecule has 0 spiro atoms. The molecule has 0 saturated carbocycles. The summed E-state index contributed by atoms with van der Waals surface area (Å²) in [5.74, 6) is 2.14. The smallest absolute Gasteiger partial charge is 0.203 e. The van der Waals surface area contributed by atoms with E-state index in [1.807, 2.05) is 30.3 Å². The van der Waals surface area contributed by atoms with Crippen molar-refractivity contribution in [2.45, 2.75) is 10.4 Å². The minimum absolute atomic E-state index is 0.147. The molecule has 0 amide bonds. The lowest BCUT2D eigenvalue weighted by Crippen LogP contribution is -2.20. The fourth-order valence-corrected chi connectivity index (χ4v) is 4.27. The Balaban J connectivity index is 1.57. The standard InChI is InChI=1S/C18H19NO4S2/c1-21-14-7-5-8-15(22-2)17(14)23-10-12(20)11-24-18-19-13-6-3-4-9-16(13)25-18/h3-9,12,20H,10-11H2,1-2H3. The van der Waals surface area contributed by atoms with Gasteiger partial charge >= 0.3 is 0 Å². The molecule has 1 N–H and O–H groups in total. The van der Waals surface area contributed by atoms with Crippen LogP contribution in [0.2, 0.25) is 0 Å². The van der Waals surface area contributed by atoms with Crippen LogP contribution in [0.3, 0.4) is 0 Å². The molecule has 25 heavy (non-hydrogen) atoms. The highest BCUT2D eigenvalue weighted by Gasteiger charge is 2.14. The van der Waals surface area contributed by atoms with E-state index in [1.54, 1.807) is 37.7 Å². The van der Waals surface area contributed by atoms with Crippen molar-refractivity contribution in [3.63, 3.8) is 0 Å². The summed E-state index contributed by atoms with van der Waals surface area (Å²) < 4.78 is 18.4. The first kappa shape index (κ1) is 17.8. The largest absolute Gasteiger partial charge is 0.493 e. The molecule has 1 unspecified atom stereocenters. The molecule has 3 rings (SSSR count). The van der Waals surface area contributed by atoms with Gasteiger partial charge in [0.2, 0.25) is 5.75 Å². The van der Waals surface area contributed by atoms with Crippen molar-refractivity contribution in [1.82, 2.24) is 4.98 Å². The number of methoxy groups -OCH3 is 2. The molecule has 0 radical (unpaired) electrons. The van der Waals surface area contributed by atoms with Gasteiger partial charge in [0.1, 0.15) is 6.61 Å². The number of thioether (sulfide) groups is 1. The number of rotatable bonds is 8. The second kappa shape index (κ2) is 8.42. The Bertz CT molecular complexity index is 782. The zero-order valence-corrected chi connectivity index (χ0v) is 15.6. The highest BCUT2D eigenvalue weighted by atomic mass is 32.2. The molecular weight excluding hydrogens is 358 g/mol. The average molecular weight is 377 g/mol. The SMILES string of the molecule is COc1cccc(OC)c1OCC(O)CSc1nc2ccccc2s1. The van der Waals surface area contributed by atoms with Gasteiger partial charge in [-0.3, -0.25) is 0 Å². The van der Waals surface area contributed by atoms with E-state index < -0.39 is 6.10 Å². The van der Waals surface area contributed by atoms with Crippen LogP contribution in [-0.2, 0) is 0 Å². The number of ether oxygens (including phenoxy) is 3. The van der Waals surface area contributed by atoms with Gasteiger partial charge in [0.05, 0.1) is 30.5 Å². The summed E-state index contributed by atoms with van der Waals surface area (Å²) in [7, 11) is 3.14. The van der Waals surface area contributed by atoms with Crippen LogP contribution in [0.4, 0.5) is 0 Å². The number of aliphatic hydroxyl groups is 1. The molecule has 5 nitrogen and oxygen atoms in total. The molecule has 1 atom stereocenters. The van der Waals surface area contributed by atoms with E-state index in [0.29, 0.717) is 23.0 Å². The second-order valence-corrected chi connectivity index (χ2v) is 7.51. The van der Waals surface area contributed by atoms with Crippen LogP contribution in [0.25, 0.3) is 10.2 Å². The fourth-order valence-electron chi connectivity index (χ4n) is 2.27. The lowest BCUT2D eigenvalue weighted by molar-refractivity contribution is 0.122. The normalized spacial score (nSPS) is 12.1. The number of nitrogens with zero attached hydrogens (tertiary/aromatic N) is 1. The lowest BCUT2D eigenvalue weighted by atomic mass is 10.3. The molecule has 1 aromatic heterocycles. The Morgan fingerprint density at radius 2 is 1.80 bits per heavy atom. The molecular formula is C18H19NO4S2. The molecule has 0 aliphatic rings. The van der Waals surface area contributed by atoms with Gasteiger partial charge in [0, 0.05) is 5.75 Å². The van der Waals surface area contributed by atoms with Crippen molar-refractivity contribution in [1.29, 1.82) is 0 Å². The Morgan fingerprint density at radius 3 is 2.48 bits per heavy atom. The summed E-state index contributed by atoms with van der Waals surface area (Å²) in [6, 6.07) is 13.4. The molecule has 7 heteroatoms. The minimum Gasteiger partial charge on any atom is -0.493 e. The van der Waals surface area contributed by atoms with Crippen molar-refractivity contribution in [2.75, 3.05) is 26.6 Å². The maximum Gasteiger partial charge on any atom is 0.203 e. The van der Waals surface area contributed by atoms with Gasteiger partial charge in [-0.05, 0) is 24.3 Å². The first-order valence-corrected chi connectivity index (χ1v) is 9.51. The van der Waals surface area contributed by atoms with Gasteiger partial charge in [0.25, 0.3) is 0 Å². The van der Waals surface area contributed by atoms with Crippen molar-refractivity contribution in [3.05, 3.63) is 42.5 Å². The average Bonchev–Trinajstić information content (AvgIpc) is 3.07. The first-order valence-electron chi connectivity index (χ1n) is 7.71. The molecule has 0 fully saturated rings. The van der Waals surface area contributed by atoms with Crippen LogP contribution in [0, 0.1) is 0 Å². The first-order chi connectivity index (χ1) is 12.2. The van der Waals surface area contributed by atoms with Crippen LogP contribution in [0.15, 0.2) is 46.8 Å². The molecule has 0 saturated heterocycles. The fraction of sp³-hybridized carbons (Fsp3) is 0.278. The molecule has 1 heterocycles. The maximum absolute atomic E-state index is 10.2. The molecule has 0 aliphatic heterocycles. The highest BCUT2D eigenvalue weighted by molar-refractivity contribution is 8.01. The lowest BCUT2D eigenvalue weighted by Gasteiger charge is -2.16. The molecule has 2 aromatic carbocycles. The van der Waals surface area contributed by atoms with E-state index >= 15 is 0 Å². The summed E-state index contributed by atoms with van der Waals surface area (Å²) in [6.45, 7) is 0.147. The third kappa shape index (κ3) is 4.36. The van der Waals surface area contributed by atoms with Crippen LogP contribution >= 0.6 is 23.1 Å². The predicted molar refractivity (Wildman–Crippen MR) is 101 cm³/mol. The number of aromatic nitrogens is 1. The molecule has 3 aromatic rings. The van der Waals surface area contributed by atoms with Crippen molar-refractivity contribution in [3.8, 4) is 17.2 Å². The highest BCUT2D eigenvalue weighted by Crippen LogP contribution is 2.37.